The summed E-state index contributed by atoms with van der Waals surface area (Å²) in [6.45, 7) is 0. The van der Waals surface area contributed by atoms with E-state index in [-0.39, 0.29) is 30.2 Å². The molecule has 2 amide bonds. The Morgan fingerprint density at radius 3 is 2.55 bits per heavy atom. The Hall–Kier alpha value is -1.59. The zero-order chi connectivity index (χ0) is 16.1. The third-order valence-corrected chi connectivity index (χ3v) is 4.36. The molecule has 1 aliphatic carbocycles. The second-order valence-electron chi connectivity index (χ2n) is 5.74. The van der Waals surface area contributed by atoms with Crippen LogP contribution in [-0.4, -0.2) is 23.0 Å². The minimum Gasteiger partial charge on any atom is -0.388 e. The van der Waals surface area contributed by atoms with Crippen LogP contribution in [0.3, 0.4) is 0 Å². The molecule has 2 rings (SSSR count). The number of carbonyl (C=O) groups excluding carboxylic acids is 2. The van der Waals surface area contributed by atoms with E-state index in [0.29, 0.717) is 17.0 Å². The summed E-state index contributed by atoms with van der Waals surface area (Å²) in [6.07, 6.45) is 2.43. The number of hydrogen-bond donors (Lipinski definition) is 3. The number of aliphatic hydroxyl groups excluding tert-OH is 1. The first-order valence-corrected chi connectivity index (χ1v) is 7.87. The van der Waals surface area contributed by atoms with Crippen LogP contribution in [0, 0.1) is 5.92 Å². The monoisotopic (exact) mass is 324 g/mol. The van der Waals surface area contributed by atoms with Gasteiger partial charge in [-0.25, -0.2) is 0 Å². The molecule has 0 spiro atoms. The van der Waals surface area contributed by atoms with Crippen molar-refractivity contribution >= 4 is 23.4 Å². The van der Waals surface area contributed by atoms with Crippen LogP contribution in [-0.2, 0) is 9.59 Å². The summed E-state index contributed by atoms with van der Waals surface area (Å²) in [5, 5.41) is 13.5. The summed E-state index contributed by atoms with van der Waals surface area (Å²) < 4.78 is 0. The van der Waals surface area contributed by atoms with E-state index in [2.05, 4.69) is 5.32 Å². The minimum absolute atomic E-state index is 0.0520. The van der Waals surface area contributed by atoms with E-state index in [1.54, 1.807) is 24.3 Å². The van der Waals surface area contributed by atoms with Crippen molar-refractivity contribution < 1.29 is 14.7 Å². The van der Waals surface area contributed by atoms with Gasteiger partial charge >= 0.3 is 0 Å². The van der Waals surface area contributed by atoms with Gasteiger partial charge < -0.3 is 16.2 Å². The second-order valence-corrected chi connectivity index (χ2v) is 6.18. The van der Waals surface area contributed by atoms with Crippen molar-refractivity contribution in [3.8, 4) is 0 Å². The summed E-state index contributed by atoms with van der Waals surface area (Å²) in [7, 11) is 0. The fourth-order valence-electron chi connectivity index (χ4n) is 2.89. The fraction of sp³-hybridized carbons (Fsp3) is 0.500. The van der Waals surface area contributed by atoms with Gasteiger partial charge in [-0.2, -0.15) is 0 Å². The number of rotatable bonds is 5. The molecule has 4 N–H and O–H groups in total. The van der Waals surface area contributed by atoms with E-state index in [0.717, 1.165) is 19.3 Å². The van der Waals surface area contributed by atoms with E-state index in [9.17, 15) is 14.7 Å². The number of primary amides is 1. The maximum absolute atomic E-state index is 12.1. The molecule has 1 aliphatic rings. The Kier molecular flexibility index (Phi) is 5.80. The predicted octanol–water partition coefficient (Wildman–Crippen LogP) is 1.92. The smallest absolute Gasteiger partial charge is 0.223 e. The standard InChI is InChI=1S/C16H21ClN2O3/c17-11-7-5-10(6-8-11)14(20)9-15(21)19-13-4-2-1-3-12(13)16(18)22/h5-8,12-14,20H,1-4,9H2,(H2,18,22)(H,19,21). The summed E-state index contributed by atoms with van der Waals surface area (Å²) in [5.74, 6) is -0.964. The Bertz CT molecular complexity index is 533. The van der Waals surface area contributed by atoms with Gasteiger partial charge in [-0.3, -0.25) is 9.59 Å². The summed E-state index contributed by atoms with van der Waals surface area (Å²) in [5.41, 5.74) is 6.02. The average Bonchev–Trinajstić information content (AvgIpc) is 2.48. The lowest BCUT2D eigenvalue weighted by Crippen LogP contribution is -2.47. The van der Waals surface area contributed by atoms with Gasteiger partial charge in [0.2, 0.25) is 11.8 Å². The van der Waals surface area contributed by atoms with Gasteiger partial charge in [0.1, 0.15) is 0 Å². The van der Waals surface area contributed by atoms with Crippen molar-refractivity contribution in [3.05, 3.63) is 34.9 Å². The molecule has 5 nitrogen and oxygen atoms in total. The molecule has 120 valence electrons. The number of aliphatic hydroxyl groups is 1. The zero-order valence-electron chi connectivity index (χ0n) is 12.3. The van der Waals surface area contributed by atoms with Crippen LogP contribution in [0.1, 0.15) is 43.8 Å². The van der Waals surface area contributed by atoms with E-state index in [4.69, 9.17) is 17.3 Å². The van der Waals surface area contributed by atoms with E-state index >= 15 is 0 Å². The largest absolute Gasteiger partial charge is 0.388 e. The Morgan fingerprint density at radius 1 is 1.27 bits per heavy atom. The first-order chi connectivity index (χ1) is 10.5. The quantitative estimate of drug-likeness (QED) is 0.772. The summed E-state index contributed by atoms with van der Waals surface area (Å²) >= 11 is 5.79. The van der Waals surface area contributed by atoms with E-state index < -0.39 is 6.10 Å². The van der Waals surface area contributed by atoms with Crippen LogP contribution >= 0.6 is 11.6 Å². The first kappa shape index (κ1) is 16.8. The topological polar surface area (TPSA) is 92.4 Å². The van der Waals surface area contributed by atoms with Crippen molar-refractivity contribution in [2.45, 2.75) is 44.2 Å². The molecule has 22 heavy (non-hydrogen) atoms. The SMILES string of the molecule is NC(=O)C1CCCCC1NC(=O)CC(O)c1ccc(Cl)cc1. The maximum atomic E-state index is 12.1. The van der Waals surface area contributed by atoms with Crippen LogP contribution in [0.15, 0.2) is 24.3 Å². The molecule has 6 heteroatoms. The Balaban J connectivity index is 1.91. The molecule has 1 fully saturated rings. The molecular formula is C16H21ClN2O3. The number of nitrogens with one attached hydrogen (secondary N) is 1. The maximum Gasteiger partial charge on any atom is 0.223 e. The third-order valence-electron chi connectivity index (χ3n) is 4.11. The normalized spacial score (nSPS) is 22.8. The molecule has 1 aromatic rings. The fourth-order valence-corrected chi connectivity index (χ4v) is 3.01. The molecule has 3 unspecified atom stereocenters. The molecule has 0 aliphatic heterocycles. The number of benzene rings is 1. The second kappa shape index (κ2) is 7.61. The molecule has 0 heterocycles. The highest BCUT2D eigenvalue weighted by Crippen LogP contribution is 2.25. The lowest BCUT2D eigenvalue weighted by Gasteiger charge is -2.30. The van der Waals surface area contributed by atoms with Crippen LogP contribution < -0.4 is 11.1 Å². The molecule has 0 aromatic heterocycles. The zero-order valence-corrected chi connectivity index (χ0v) is 13.1. The van der Waals surface area contributed by atoms with Gasteiger partial charge in [0.25, 0.3) is 0 Å². The van der Waals surface area contributed by atoms with Gasteiger partial charge in [-0.15, -0.1) is 0 Å². The van der Waals surface area contributed by atoms with Crippen molar-refractivity contribution in [1.82, 2.24) is 5.32 Å². The Morgan fingerprint density at radius 2 is 1.91 bits per heavy atom. The summed E-state index contributed by atoms with van der Waals surface area (Å²) in [4.78, 5) is 23.5. The van der Waals surface area contributed by atoms with Crippen molar-refractivity contribution in [3.63, 3.8) is 0 Å². The molecule has 1 saturated carbocycles. The van der Waals surface area contributed by atoms with Crippen molar-refractivity contribution in [2.24, 2.45) is 11.7 Å². The number of carbonyl (C=O) groups is 2. The van der Waals surface area contributed by atoms with Gasteiger partial charge in [0.05, 0.1) is 18.4 Å². The number of hydrogen-bond acceptors (Lipinski definition) is 3. The van der Waals surface area contributed by atoms with Gasteiger partial charge in [-0.1, -0.05) is 36.6 Å². The molecule has 3 atom stereocenters. The molecule has 0 radical (unpaired) electrons. The van der Waals surface area contributed by atoms with Gasteiger partial charge in [-0.05, 0) is 30.5 Å². The highest BCUT2D eigenvalue weighted by Gasteiger charge is 2.30. The average molecular weight is 325 g/mol. The predicted molar refractivity (Wildman–Crippen MR) is 84.1 cm³/mol. The lowest BCUT2D eigenvalue weighted by molar-refractivity contribution is -0.127. The highest BCUT2D eigenvalue weighted by atomic mass is 35.5. The number of amides is 2. The lowest BCUT2D eigenvalue weighted by atomic mass is 9.84. The molecule has 0 bridgehead atoms. The molecule has 1 aromatic carbocycles. The van der Waals surface area contributed by atoms with Crippen LogP contribution in [0.4, 0.5) is 0 Å². The summed E-state index contributed by atoms with van der Waals surface area (Å²) in [6, 6.07) is 6.49. The van der Waals surface area contributed by atoms with E-state index in [1.807, 2.05) is 0 Å². The van der Waals surface area contributed by atoms with Crippen LogP contribution in [0.25, 0.3) is 0 Å². The first-order valence-electron chi connectivity index (χ1n) is 7.49. The van der Waals surface area contributed by atoms with Gasteiger partial charge in [0.15, 0.2) is 0 Å². The number of halogens is 1. The van der Waals surface area contributed by atoms with Gasteiger partial charge in [0, 0.05) is 11.1 Å². The van der Waals surface area contributed by atoms with Crippen molar-refractivity contribution in [2.75, 3.05) is 0 Å². The Labute approximate surface area is 134 Å². The highest BCUT2D eigenvalue weighted by molar-refractivity contribution is 6.30. The van der Waals surface area contributed by atoms with E-state index in [1.165, 1.54) is 0 Å². The molecule has 0 saturated heterocycles. The van der Waals surface area contributed by atoms with Crippen molar-refractivity contribution in [1.29, 1.82) is 0 Å². The number of nitrogens with two attached hydrogens (primary N) is 1. The molecular weight excluding hydrogens is 304 g/mol. The minimum atomic E-state index is -0.895. The third kappa shape index (κ3) is 4.45. The van der Waals surface area contributed by atoms with Crippen LogP contribution in [0.2, 0.25) is 5.02 Å². The van der Waals surface area contributed by atoms with Crippen LogP contribution in [0.5, 0.6) is 0 Å².